The highest BCUT2D eigenvalue weighted by Crippen LogP contribution is 2.32. The van der Waals surface area contributed by atoms with E-state index in [0.29, 0.717) is 12.1 Å². The molecule has 0 bridgehead atoms. The van der Waals surface area contributed by atoms with Gasteiger partial charge in [-0.2, -0.15) is 0 Å². The van der Waals surface area contributed by atoms with Crippen molar-refractivity contribution in [2.75, 3.05) is 4.90 Å². The van der Waals surface area contributed by atoms with Crippen molar-refractivity contribution in [2.45, 2.75) is 11.4 Å². The Hall–Kier alpha value is -2.72. The van der Waals surface area contributed by atoms with Crippen molar-refractivity contribution in [3.63, 3.8) is 0 Å². The highest BCUT2D eigenvalue weighted by atomic mass is 32.2. The summed E-state index contributed by atoms with van der Waals surface area (Å²) in [6.07, 6.45) is 0. The average Bonchev–Trinajstić information content (AvgIpc) is 2.76. The summed E-state index contributed by atoms with van der Waals surface area (Å²) < 4.78 is 62.3. The predicted octanol–water partition coefficient (Wildman–Crippen LogP) is 1.48. The number of nitrogens with zero attached hydrogens (tertiary/aromatic N) is 1. The number of amides is 1. The molecule has 25 heavy (non-hydrogen) atoms. The highest BCUT2D eigenvalue weighted by Gasteiger charge is 2.36. The van der Waals surface area contributed by atoms with Crippen molar-refractivity contribution < 1.29 is 31.2 Å². The number of hydrogen-bond donors (Lipinski definition) is 1. The molecule has 0 saturated heterocycles. The van der Waals surface area contributed by atoms with Crippen molar-refractivity contribution in [3.8, 4) is 0 Å². The Labute approximate surface area is 139 Å². The first-order chi connectivity index (χ1) is 11.6. The Morgan fingerprint density at radius 2 is 1.60 bits per heavy atom. The van der Waals surface area contributed by atoms with Crippen LogP contribution in [0.1, 0.15) is 15.9 Å². The predicted molar refractivity (Wildman–Crippen MR) is 79.7 cm³/mol. The summed E-state index contributed by atoms with van der Waals surface area (Å²) >= 11 is 0. The van der Waals surface area contributed by atoms with Crippen molar-refractivity contribution in [1.82, 2.24) is 0 Å². The molecule has 0 unspecified atom stereocenters. The van der Waals surface area contributed by atoms with E-state index in [-0.39, 0.29) is 21.7 Å². The number of nitrogens with two attached hydrogens (primary N) is 1. The van der Waals surface area contributed by atoms with E-state index in [1.807, 2.05) is 0 Å². The van der Waals surface area contributed by atoms with Gasteiger partial charge in [0.15, 0.2) is 17.5 Å². The van der Waals surface area contributed by atoms with Crippen LogP contribution in [0.4, 0.5) is 18.9 Å². The zero-order valence-corrected chi connectivity index (χ0v) is 13.1. The lowest BCUT2D eigenvalue weighted by atomic mass is 10.1. The Morgan fingerprint density at radius 3 is 2.16 bits per heavy atom. The molecule has 0 fully saturated rings. The van der Waals surface area contributed by atoms with Crippen molar-refractivity contribution in [2.24, 2.45) is 5.14 Å². The topological polar surface area (TPSA) is 97.5 Å². The third-order valence-corrected chi connectivity index (χ3v) is 4.57. The first kappa shape index (κ1) is 17.1. The van der Waals surface area contributed by atoms with Crippen LogP contribution in [0.5, 0.6) is 0 Å². The second kappa shape index (κ2) is 5.67. The molecule has 3 rings (SSSR count). The molecule has 10 heteroatoms. The Bertz CT molecular complexity index is 1010. The Morgan fingerprint density at radius 1 is 1.00 bits per heavy atom. The molecule has 130 valence electrons. The van der Waals surface area contributed by atoms with Crippen LogP contribution in [0.3, 0.4) is 0 Å². The zero-order valence-electron chi connectivity index (χ0n) is 12.3. The number of carbonyl (C=O) groups excluding carboxylic acids is 2. The summed E-state index contributed by atoms with van der Waals surface area (Å²) in [5.74, 6) is -6.50. The number of primary sulfonamides is 1. The maximum atomic E-state index is 13.3. The summed E-state index contributed by atoms with van der Waals surface area (Å²) in [5.41, 5.74) is -0.215. The third kappa shape index (κ3) is 2.89. The summed E-state index contributed by atoms with van der Waals surface area (Å²) in [5, 5.41) is 4.98. The van der Waals surface area contributed by atoms with Crippen LogP contribution in [0, 0.1) is 17.5 Å². The summed E-state index contributed by atoms with van der Waals surface area (Å²) in [6.45, 7) is -0.402. The number of carbonyl (C=O) groups is 2. The minimum atomic E-state index is -4.08. The molecule has 0 saturated carbocycles. The SMILES string of the molecule is NS(=O)(=O)c1ccc2c(c1)C(=O)C(=O)N2Cc1cc(F)c(F)c(F)c1. The summed E-state index contributed by atoms with van der Waals surface area (Å²) in [6, 6.07) is 4.64. The summed E-state index contributed by atoms with van der Waals surface area (Å²) in [7, 11) is -4.08. The minimum Gasteiger partial charge on any atom is -0.300 e. The fourth-order valence-corrected chi connectivity index (χ4v) is 3.04. The van der Waals surface area contributed by atoms with Gasteiger partial charge in [-0.25, -0.2) is 26.7 Å². The Kier molecular flexibility index (Phi) is 3.88. The van der Waals surface area contributed by atoms with Gasteiger partial charge in [-0.05, 0) is 35.9 Å². The lowest BCUT2D eigenvalue weighted by Crippen LogP contribution is -2.29. The first-order valence-electron chi connectivity index (χ1n) is 6.76. The van der Waals surface area contributed by atoms with Crippen LogP contribution >= 0.6 is 0 Å². The third-order valence-electron chi connectivity index (χ3n) is 3.66. The van der Waals surface area contributed by atoms with Gasteiger partial charge < -0.3 is 4.90 Å². The van der Waals surface area contributed by atoms with Gasteiger partial charge in [0, 0.05) is 0 Å². The molecule has 6 nitrogen and oxygen atoms in total. The van der Waals surface area contributed by atoms with E-state index in [9.17, 15) is 31.2 Å². The number of benzene rings is 2. The monoisotopic (exact) mass is 370 g/mol. The van der Waals surface area contributed by atoms with E-state index < -0.39 is 45.7 Å². The fourth-order valence-electron chi connectivity index (χ4n) is 2.50. The Balaban J connectivity index is 2.03. The lowest BCUT2D eigenvalue weighted by Gasteiger charge is -2.17. The van der Waals surface area contributed by atoms with Crippen LogP contribution in [-0.4, -0.2) is 20.1 Å². The highest BCUT2D eigenvalue weighted by molar-refractivity contribution is 7.89. The molecule has 2 aromatic carbocycles. The van der Waals surface area contributed by atoms with E-state index in [0.717, 1.165) is 17.0 Å². The molecule has 2 aromatic rings. The molecule has 0 spiro atoms. The number of Topliss-reactive ketones (excluding diaryl/α,β-unsaturated/α-hetero) is 1. The molecule has 0 radical (unpaired) electrons. The fraction of sp³-hybridized carbons (Fsp3) is 0.0667. The zero-order chi connectivity index (χ0) is 18.5. The molecule has 2 N–H and O–H groups in total. The number of anilines is 1. The molecule has 0 aromatic heterocycles. The number of halogens is 3. The van der Waals surface area contributed by atoms with Gasteiger partial charge in [-0.1, -0.05) is 0 Å². The molecular weight excluding hydrogens is 361 g/mol. The van der Waals surface area contributed by atoms with Crippen LogP contribution in [-0.2, 0) is 21.4 Å². The number of sulfonamides is 1. The lowest BCUT2D eigenvalue weighted by molar-refractivity contribution is -0.114. The van der Waals surface area contributed by atoms with Gasteiger partial charge in [-0.15, -0.1) is 0 Å². The number of rotatable bonds is 3. The number of hydrogen-bond acceptors (Lipinski definition) is 4. The maximum absolute atomic E-state index is 13.3. The van der Waals surface area contributed by atoms with Crippen molar-refractivity contribution in [3.05, 3.63) is 58.9 Å². The van der Waals surface area contributed by atoms with Crippen LogP contribution in [0.2, 0.25) is 0 Å². The largest absolute Gasteiger partial charge is 0.300 e. The molecule has 1 amide bonds. The summed E-state index contributed by atoms with van der Waals surface area (Å²) in [4.78, 5) is 24.7. The first-order valence-corrected chi connectivity index (χ1v) is 8.30. The van der Waals surface area contributed by atoms with Gasteiger partial charge in [0.2, 0.25) is 10.0 Å². The molecule has 1 aliphatic rings. The smallest absolute Gasteiger partial charge is 0.299 e. The maximum Gasteiger partial charge on any atom is 0.299 e. The number of fused-ring (bicyclic) bond motifs is 1. The van der Waals surface area contributed by atoms with Gasteiger partial charge in [0.05, 0.1) is 22.7 Å². The van der Waals surface area contributed by atoms with E-state index in [2.05, 4.69) is 0 Å². The normalized spacial score (nSPS) is 14.2. The van der Waals surface area contributed by atoms with E-state index in [4.69, 9.17) is 5.14 Å². The molecule has 0 aliphatic carbocycles. The molecule has 1 heterocycles. The molecular formula is C15H9F3N2O4S. The number of ketones is 1. The van der Waals surface area contributed by atoms with Gasteiger partial charge in [0.25, 0.3) is 11.7 Å². The van der Waals surface area contributed by atoms with E-state index in [1.165, 1.54) is 6.07 Å². The standard InChI is InChI=1S/C15H9F3N2O4S/c16-10-3-7(4-11(17)13(10)18)6-20-12-2-1-8(25(19,23)24)5-9(12)14(21)15(20)22/h1-5H,6H2,(H2,19,23,24). The quantitative estimate of drug-likeness (QED) is 0.654. The van der Waals surface area contributed by atoms with E-state index in [1.54, 1.807) is 0 Å². The average molecular weight is 370 g/mol. The van der Waals surface area contributed by atoms with Gasteiger partial charge >= 0.3 is 0 Å². The second-order valence-corrected chi connectivity index (χ2v) is 6.88. The molecule has 1 aliphatic heterocycles. The molecule has 0 atom stereocenters. The van der Waals surface area contributed by atoms with Gasteiger partial charge in [-0.3, -0.25) is 9.59 Å². The van der Waals surface area contributed by atoms with Crippen LogP contribution in [0.15, 0.2) is 35.2 Å². The van der Waals surface area contributed by atoms with Crippen molar-refractivity contribution in [1.29, 1.82) is 0 Å². The van der Waals surface area contributed by atoms with E-state index >= 15 is 0 Å². The van der Waals surface area contributed by atoms with Crippen molar-refractivity contribution >= 4 is 27.4 Å². The second-order valence-electron chi connectivity index (χ2n) is 5.32. The van der Waals surface area contributed by atoms with Gasteiger partial charge in [0.1, 0.15) is 0 Å². The van der Waals surface area contributed by atoms with Crippen LogP contribution in [0.25, 0.3) is 0 Å². The minimum absolute atomic E-state index is 0.0625. The van der Waals surface area contributed by atoms with Crippen LogP contribution < -0.4 is 10.0 Å².